The molecule has 1 aromatic rings. The minimum absolute atomic E-state index is 0.286. The van der Waals surface area contributed by atoms with Crippen LogP contribution in [0.2, 0.25) is 0 Å². The molecule has 6 heteroatoms. The van der Waals surface area contributed by atoms with Gasteiger partial charge in [-0.15, -0.1) is 0 Å². The molecule has 0 aliphatic rings. The van der Waals surface area contributed by atoms with Gasteiger partial charge in [-0.05, 0) is 12.5 Å². The van der Waals surface area contributed by atoms with Crippen LogP contribution in [0, 0.1) is 0 Å². The van der Waals surface area contributed by atoms with Crippen molar-refractivity contribution in [2.24, 2.45) is 5.73 Å². The second-order valence-corrected chi connectivity index (χ2v) is 2.97. The van der Waals surface area contributed by atoms with Crippen LogP contribution in [0.5, 0.6) is 0 Å². The number of hydroxylamine groups is 1. The van der Waals surface area contributed by atoms with Crippen LogP contribution >= 0.6 is 0 Å². The Balaban J connectivity index is 0.000000325. The molecule has 0 saturated carbocycles. The molecule has 1 rings (SSSR count). The van der Waals surface area contributed by atoms with E-state index in [9.17, 15) is 9.59 Å². The van der Waals surface area contributed by atoms with E-state index in [0.717, 1.165) is 5.56 Å². The first-order valence-electron chi connectivity index (χ1n) is 4.99. The summed E-state index contributed by atoms with van der Waals surface area (Å²) in [5.41, 5.74) is 7.66. The van der Waals surface area contributed by atoms with Crippen LogP contribution in [-0.4, -0.2) is 23.7 Å². The number of hydrogen-bond donors (Lipinski definition) is 3. The molecule has 0 aromatic heterocycles. The Morgan fingerprint density at radius 2 is 1.94 bits per heavy atom. The molecule has 0 saturated heterocycles. The summed E-state index contributed by atoms with van der Waals surface area (Å²) in [5, 5.41) is 7.81. The summed E-state index contributed by atoms with van der Waals surface area (Å²) in [7, 11) is 0. The molecular weight excluding hydrogens is 224 g/mol. The van der Waals surface area contributed by atoms with Gasteiger partial charge < -0.3 is 10.8 Å². The molecule has 0 radical (unpaired) electrons. The molecule has 94 valence electrons. The normalized spacial score (nSPS) is 8.76. The fourth-order valence-corrected chi connectivity index (χ4v) is 0.931. The number of carbonyl (C=O) groups is 2. The van der Waals surface area contributed by atoms with Gasteiger partial charge >= 0.3 is 6.09 Å². The van der Waals surface area contributed by atoms with Gasteiger partial charge in [-0.3, -0.25) is 9.63 Å². The van der Waals surface area contributed by atoms with E-state index in [4.69, 9.17) is 10.8 Å². The first-order chi connectivity index (χ1) is 8.06. The van der Waals surface area contributed by atoms with E-state index >= 15 is 0 Å². The molecular formula is C11H16N2O4. The Hall–Kier alpha value is -2.08. The summed E-state index contributed by atoms with van der Waals surface area (Å²) in [6.45, 7) is 2.04. The van der Waals surface area contributed by atoms with Crippen molar-refractivity contribution in [3.05, 3.63) is 35.9 Å². The molecule has 17 heavy (non-hydrogen) atoms. The number of benzene rings is 1. The molecule has 1 aromatic carbocycles. The smallest absolute Gasteiger partial charge is 0.428 e. The van der Waals surface area contributed by atoms with Gasteiger partial charge in [-0.25, -0.2) is 4.79 Å². The van der Waals surface area contributed by atoms with E-state index in [1.807, 2.05) is 30.3 Å². The van der Waals surface area contributed by atoms with E-state index in [0.29, 0.717) is 13.0 Å². The molecule has 0 heterocycles. The monoisotopic (exact) mass is 240 g/mol. The molecule has 0 aliphatic heterocycles. The van der Waals surface area contributed by atoms with Crippen LogP contribution in [0.1, 0.15) is 12.5 Å². The summed E-state index contributed by atoms with van der Waals surface area (Å²) in [4.78, 5) is 24.2. The fraction of sp³-hybridized carbons (Fsp3) is 0.273. The summed E-state index contributed by atoms with van der Waals surface area (Å²) >= 11 is 0. The van der Waals surface area contributed by atoms with E-state index in [2.05, 4.69) is 4.84 Å². The maximum absolute atomic E-state index is 10.4. The van der Waals surface area contributed by atoms with Crippen molar-refractivity contribution in [2.75, 3.05) is 6.61 Å². The van der Waals surface area contributed by atoms with Gasteiger partial charge in [0.25, 0.3) is 0 Å². The minimum atomic E-state index is -1.16. The highest BCUT2D eigenvalue weighted by Gasteiger charge is 1.94. The first kappa shape index (κ1) is 14.9. The van der Waals surface area contributed by atoms with Crippen LogP contribution in [0.15, 0.2) is 30.3 Å². The largest absolute Gasteiger partial charge is 0.464 e. The van der Waals surface area contributed by atoms with Gasteiger partial charge in [0.05, 0.1) is 13.0 Å². The lowest BCUT2D eigenvalue weighted by Crippen LogP contribution is -2.20. The third kappa shape index (κ3) is 10.2. The average molecular weight is 240 g/mol. The Kier molecular flexibility index (Phi) is 8.05. The number of nitrogens with one attached hydrogen (secondary N) is 1. The number of carboxylic acid groups (broad SMARTS) is 1. The number of rotatable bonds is 4. The molecule has 6 nitrogen and oxygen atoms in total. The maximum atomic E-state index is 10.4. The number of primary amides is 1. The first-order valence-corrected chi connectivity index (χ1v) is 4.99. The van der Waals surface area contributed by atoms with Crippen molar-refractivity contribution in [3.63, 3.8) is 0 Å². The summed E-state index contributed by atoms with van der Waals surface area (Å²) in [6.07, 6.45) is -0.831. The van der Waals surface area contributed by atoms with Crippen molar-refractivity contribution in [2.45, 2.75) is 13.3 Å². The van der Waals surface area contributed by atoms with Gasteiger partial charge in [-0.2, -0.15) is 5.48 Å². The number of hydrogen-bond acceptors (Lipinski definition) is 3. The van der Waals surface area contributed by atoms with Crippen molar-refractivity contribution in [1.82, 2.24) is 5.48 Å². The zero-order valence-corrected chi connectivity index (χ0v) is 9.55. The fourth-order valence-electron chi connectivity index (χ4n) is 0.931. The van der Waals surface area contributed by atoms with Gasteiger partial charge in [0, 0.05) is 0 Å². The Morgan fingerprint density at radius 3 is 2.29 bits per heavy atom. The lowest BCUT2D eigenvalue weighted by atomic mass is 10.1. The molecule has 0 spiro atoms. The Morgan fingerprint density at radius 1 is 1.35 bits per heavy atom. The van der Waals surface area contributed by atoms with E-state index in [1.54, 1.807) is 12.4 Å². The highest BCUT2D eigenvalue weighted by Crippen LogP contribution is 1.97. The Labute approximate surface area is 99.3 Å². The second kappa shape index (κ2) is 9.17. The van der Waals surface area contributed by atoms with Gasteiger partial charge in [0.15, 0.2) is 0 Å². The van der Waals surface area contributed by atoms with E-state index < -0.39 is 6.09 Å². The second-order valence-electron chi connectivity index (χ2n) is 2.97. The molecule has 0 atom stereocenters. The predicted molar refractivity (Wildman–Crippen MR) is 62.1 cm³/mol. The van der Waals surface area contributed by atoms with Crippen LogP contribution < -0.4 is 11.2 Å². The summed E-state index contributed by atoms with van der Waals surface area (Å²) < 4.78 is 0. The third-order valence-electron chi connectivity index (χ3n) is 1.52. The molecule has 2 amide bonds. The predicted octanol–water partition coefficient (Wildman–Crippen LogP) is 0.920. The van der Waals surface area contributed by atoms with Crippen molar-refractivity contribution < 1.29 is 19.5 Å². The highest BCUT2D eigenvalue weighted by molar-refractivity contribution is 5.76. The molecule has 0 fully saturated rings. The zero-order chi connectivity index (χ0) is 13.1. The third-order valence-corrected chi connectivity index (χ3v) is 1.52. The SMILES string of the molecule is CCONC(=O)O.NC(=O)Cc1ccccc1. The quantitative estimate of drug-likeness (QED) is 0.681. The van der Waals surface area contributed by atoms with Gasteiger partial charge in [0.2, 0.25) is 5.91 Å². The van der Waals surface area contributed by atoms with Crippen molar-refractivity contribution in [1.29, 1.82) is 0 Å². The number of nitrogens with two attached hydrogens (primary N) is 1. The summed E-state index contributed by atoms with van der Waals surface area (Å²) in [6, 6.07) is 9.44. The number of amides is 2. The molecule has 0 unspecified atom stereocenters. The van der Waals surface area contributed by atoms with Crippen molar-refractivity contribution >= 4 is 12.0 Å². The minimum Gasteiger partial charge on any atom is -0.464 e. The summed E-state index contributed by atoms with van der Waals surface area (Å²) in [5.74, 6) is -0.286. The lowest BCUT2D eigenvalue weighted by Gasteiger charge is -1.93. The Bertz CT molecular complexity index is 341. The van der Waals surface area contributed by atoms with E-state index in [1.165, 1.54) is 0 Å². The highest BCUT2D eigenvalue weighted by atomic mass is 16.7. The van der Waals surface area contributed by atoms with Crippen LogP contribution in [0.4, 0.5) is 4.79 Å². The van der Waals surface area contributed by atoms with Crippen LogP contribution in [0.25, 0.3) is 0 Å². The van der Waals surface area contributed by atoms with Crippen molar-refractivity contribution in [3.8, 4) is 0 Å². The lowest BCUT2D eigenvalue weighted by molar-refractivity contribution is -0.117. The van der Waals surface area contributed by atoms with Crippen LogP contribution in [0.3, 0.4) is 0 Å². The van der Waals surface area contributed by atoms with E-state index in [-0.39, 0.29) is 5.91 Å². The number of carbonyl (C=O) groups excluding carboxylic acids is 1. The van der Waals surface area contributed by atoms with Crippen LogP contribution in [-0.2, 0) is 16.1 Å². The van der Waals surface area contributed by atoms with Gasteiger partial charge in [0.1, 0.15) is 0 Å². The maximum Gasteiger partial charge on any atom is 0.428 e. The standard InChI is InChI=1S/C8H9NO.C3H7NO3/c9-8(10)6-7-4-2-1-3-5-7;1-2-7-4-3(5)6/h1-5H,6H2,(H2,9,10);4H,2H2,1H3,(H,5,6). The average Bonchev–Trinajstić information content (AvgIpc) is 2.27. The van der Waals surface area contributed by atoms with Gasteiger partial charge in [-0.1, -0.05) is 30.3 Å². The molecule has 0 aliphatic carbocycles. The topological polar surface area (TPSA) is 102 Å². The molecule has 4 N–H and O–H groups in total. The molecule has 0 bridgehead atoms. The zero-order valence-electron chi connectivity index (χ0n) is 9.55.